The Morgan fingerprint density at radius 3 is 2.68 bits per heavy atom. The number of nitrogens with zero attached hydrogens (tertiary/aromatic N) is 3. The number of carbonyl (C=O) groups is 1. The lowest BCUT2D eigenvalue weighted by atomic mass is 10.2. The third kappa shape index (κ3) is 6.22. The number of carbonyl (C=O) groups excluding carboxylic acids is 1. The van der Waals surface area contributed by atoms with Gasteiger partial charge in [0, 0.05) is 27.7 Å². The van der Waals surface area contributed by atoms with Gasteiger partial charge in [0.1, 0.15) is 16.8 Å². The van der Waals surface area contributed by atoms with Gasteiger partial charge in [-0.1, -0.05) is 0 Å². The Bertz CT molecular complexity index is 1300. The van der Waals surface area contributed by atoms with Crippen LogP contribution in [-0.2, 0) is 14.4 Å². The summed E-state index contributed by atoms with van der Waals surface area (Å²) in [6.07, 6.45) is 0.831. The Hall–Kier alpha value is -3.66. The van der Waals surface area contributed by atoms with Gasteiger partial charge in [-0.2, -0.15) is 10.2 Å². The number of nitrogens with one attached hydrogen (secondary N) is 3. The average molecular weight is 501 g/mol. The van der Waals surface area contributed by atoms with Crippen molar-refractivity contribution >= 4 is 50.5 Å². The molecule has 0 spiro atoms. The second-order valence-corrected chi connectivity index (χ2v) is 10.2. The van der Waals surface area contributed by atoms with Gasteiger partial charge in [0.15, 0.2) is 0 Å². The number of thiophene rings is 1. The van der Waals surface area contributed by atoms with E-state index >= 15 is 0 Å². The normalized spacial score (nSPS) is 13.2. The summed E-state index contributed by atoms with van der Waals surface area (Å²) >= 11 is 1.32. The number of aliphatic hydroxyl groups excluding tert-OH is 1. The summed E-state index contributed by atoms with van der Waals surface area (Å²) in [5.74, 6) is 4.39. The maximum Gasteiger partial charge on any atom is 0.418 e. The number of ether oxygens (including phenoxy) is 1. The summed E-state index contributed by atoms with van der Waals surface area (Å²) < 4.78 is 19.7. The predicted molar refractivity (Wildman–Crippen MR) is 134 cm³/mol. The molecule has 12 heteroatoms. The van der Waals surface area contributed by atoms with E-state index in [0.29, 0.717) is 32.8 Å². The smallest absolute Gasteiger partial charge is 0.418 e. The Labute approximate surface area is 201 Å². The molecule has 0 aliphatic rings. The molecular formula is C22H24N6O4S2. The molecule has 0 bridgehead atoms. The van der Waals surface area contributed by atoms with Crippen LogP contribution in [0.1, 0.15) is 18.7 Å². The second-order valence-electron chi connectivity index (χ2n) is 7.11. The summed E-state index contributed by atoms with van der Waals surface area (Å²) in [6.45, 7) is 3.52. The fourth-order valence-electron chi connectivity index (χ4n) is 2.80. The molecule has 0 fully saturated rings. The van der Waals surface area contributed by atoms with Crippen molar-refractivity contribution in [2.75, 3.05) is 23.8 Å². The first-order valence-electron chi connectivity index (χ1n) is 10.2. The van der Waals surface area contributed by atoms with Crippen molar-refractivity contribution in [2.45, 2.75) is 24.8 Å². The molecule has 2 heterocycles. The van der Waals surface area contributed by atoms with Crippen molar-refractivity contribution in [2.24, 2.45) is 0 Å². The van der Waals surface area contributed by atoms with Gasteiger partial charge < -0.3 is 20.5 Å². The van der Waals surface area contributed by atoms with Crippen LogP contribution in [0, 0.1) is 11.3 Å². The van der Waals surface area contributed by atoms with Gasteiger partial charge in [-0.3, -0.25) is 0 Å². The van der Waals surface area contributed by atoms with Crippen LogP contribution in [0.15, 0.2) is 47.5 Å². The number of hydrogen-bond donors (Lipinski definition) is 4. The van der Waals surface area contributed by atoms with Crippen LogP contribution >= 0.6 is 11.3 Å². The van der Waals surface area contributed by atoms with Crippen molar-refractivity contribution in [3.8, 4) is 16.5 Å². The van der Waals surface area contributed by atoms with Gasteiger partial charge in [0.25, 0.3) is 0 Å². The average Bonchev–Trinajstić information content (AvgIpc) is 3.28. The van der Waals surface area contributed by atoms with E-state index in [1.165, 1.54) is 11.3 Å². The molecule has 178 valence electrons. The highest BCUT2D eigenvalue weighted by atomic mass is 32.2. The molecule has 1 unspecified atom stereocenters. The number of amides is 1. The minimum Gasteiger partial charge on any atom is -0.449 e. The zero-order valence-corrected chi connectivity index (χ0v) is 20.2. The van der Waals surface area contributed by atoms with Crippen molar-refractivity contribution in [1.29, 1.82) is 5.26 Å². The third-order valence-electron chi connectivity index (χ3n) is 4.44. The van der Waals surface area contributed by atoms with Crippen LogP contribution < -0.4 is 15.4 Å². The van der Waals surface area contributed by atoms with E-state index in [4.69, 9.17) is 10.00 Å². The number of rotatable bonds is 9. The SMILES string of the molecule is C=S(=O)(NC(=O)OCC)c1ccc(Nc2ncc(-c3ccc(C#N)s3)c(N[C@H](C)CO)n2)cc1. The molecular weight excluding hydrogens is 476 g/mol. The van der Waals surface area contributed by atoms with E-state index in [0.717, 1.165) is 4.88 Å². The van der Waals surface area contributed by atoms with Gasteiger partial charge in [-0.15, -0.1) is 11.3 Å². The van der Waals surface area contributed by atoms with E-state index in [1.807, 2.05) is 13.0 Å². The molecule has 3 rings (SSSR count). The molecule has 0 radical (unpaired) electrons. The first-order valence-corrected chi connectivity index (χ1v) is 12.7. The van der Waals surface area contributed by atoms with Gasteiger partial charge >= 0.3 is 6.09 Å². The predicted octanol–water partition coefficient (Wildman–Crippen LogP) is 3.35. The Balaban J connectivity index is 1.83. The summed E-state index contributed by atoms with van der Waals surface area (Å²) in [5, 5.41) is 24.8. The molecule has 0 saturated heterocycles. The topological polar surface area (TPSA) is 149 Å². The third-order valence-corrected chi connectivity index (χ3v) is 7.00. The highest BCUT2D eigenvalue weighted by Gasteiger charge is 2.15. The zero-order valence-electron chi connectivity index (χ0n) is 18.6. The number of benzene rings is 1. The number of anilines is 3. The second kappa shape index (κ2) is 11.0. The van der Waals surface area contributed by atoms with E-state index < -0.39 is 15.8 Å². The fraction of sp³-hybridized carbons (Fsp3) is 0.227. The van der Waals surface area contributed by atoms with Crippen molar-refractivity contribution < 1.29 is 18.8 Å². The Morgan fingerprint density at radius 1 is 1.32 bits per heavy atom. The molecule has 2 atom stereocenters. The first-order chi connectivity index (χ1) is 16.2. The number of aliphatic hydroxyl groups is 1. The van der Waals surface area contributed by atoms with Crippen LogP contribution in [0.3, 0.4) is 0 Å². The summed E-state index contributed by atoms with van der Waals surface area (Å²) in [6, 6.07) is 11.9. The molecule has 3 aromatic rings. The lowest BCUT2D eigenvalue weighted by Gasteiger charge is -2.16. The van der Waals surface area contributed by atoms with Crippen LogP contribution in [0.25, 0.3) is 10.4 Å². The van der Waals surface area contributed by atoms with Gasteiger partial charge in [0.2, 0.25) is 5.95 Å². The molecule has 4 N–H and O–H groups in total. The van der Waals surface area contributed by atoms with Crippen LogP contribution in [0.4, 0.5) is 22.2 Å². The zero-order chi connectivity index (χ0) is 24.7. The highest BCUT2D eigenvalue weighted by molar-refractivity contribution is 7.99. The van der Waals surface area contributed by atoms with E-state index in [-0.39, 0.29) is 19.3 Å². The molecule has 0 aliphatic heterocycles. The van der Waals surface area contributed by atoms with Crippen molar-refractivity contribution in [1.82, 2.24) is 14.7 Å². The molecule has 0 aliphatic carbocycles. The Morgan fingerprint density at radius 2 is 2.06 bits per heavy atom. The molecule has 1 aromatic carbocycles. The number of hydrogen-bond acceptors (Lipinski definition) is 10. The van der Waals surface area contributed by atoms with E-state index in [2.05, 4.69) is 37.3 Å². The highest BCUT2D eigenvalue weighted by Crippen LogP contribution is 2.33. The van der Waals surface area contributed by atoms with Crippen LogP contribution in [-0.4, -0.2) is 50.5 Å². The monoisotopic (exact) mass is 500 g/mol. The standard InChI is InChI=1S/C22H24N6O4S2/c1-4-32-22(30)28-34(3,31)17-8-5-15(6-9-17)26-21-24-12-18(19-10-7-16(11-23)33-19)20(27-21)25-14(2)13-29/h5-10,12,14,29H,3-4,13H2,1-2H3,(H,28,30,31)(H2,24,25,26,27)/t14-,34?/m1/s1. The molecule has 34 heavy (non-hydrogen) atoms. The summed E-state index contributed by atoms with van der Waals surface area (Å²) in [7, 11) is -3.07. The number of aromatic nitrogens is 2. The maximum absolute atomic E-state index is 12.7. The quantitative estimate of drug-likeness (QED) is 0.324. The first kappa shape index (κ1) is 25.0. The minimum atomic E-state index is -3.07. The maximum atomic E-state index is 12.7. The van der Waals surface area contributed by atoms with Gasteiger partial charge in [0.05, 0.1) is 28.5 Å². The van der Waals surface area contributed by atoms with Crippen molar-refractivity contribution in [3.63, 3.8) is 0 Å². The minimum absolute atomic E-state index is 0.0915. The molecule has 10 nitrogen and oxygen atoms in total. The largest absolute Gasteiger partial charge is 0.449 e. The lowest BCUT2D eigenvalue weighted by molar-refractivity contribution is 0.159. The Kier molecular flexibility index (Phi) is 8.06. The molecule has 1 amide bonds. The van der Waals surface area contributed by atoms with Crippen molar-refractivity contribution in [3.05, 3.63) is 47.5 Å². The number of nitriles is 1. The fourth-order valence-corrected chi connectivity index (χ4v) is 4.63. The summed E-state index contributed by atoms with van der Waals surface area (Å²) in [4.78, 5) is 22.2. The van der Waals surface area contributed by atoms with Crippen LogP contribution in [0.5, 0.6) is 0 Å². The summed E-state index contributed by atoms with van der Waals surface area (Å²) in [5.41, 5.74) is 1.32. The van der Waals surface area contributed by atoms with Gasteiger partial charge in [-0.25, -0.2) is 18.7 Å². The van der Waals surface area contributed by atoms with Crippen LogP contribution in [0.2, 0.25) is 0 Å². The lowest BCUT2D eigenvalue weighted by Crippen LogP contribution is -2.30. The van der Waals surface area contributed by atoms with Gasteiger partial charge in [-0.05, 0) is 56.1 Å². The van der Waals surface area contributed by atoms with E-state index in [1.54, 1.807) is 43.5 Å². The molecule has 2 aromatic heterocycles. The molecule has 0 saturated carbocycles. The van der Waals surface area contributed by atoms with E-state index in [9.17, 15) is 14.1 Å².